The van der Waals surface area contributed by atoms with Gasteiger partial charge >= 0.3 is 0 Å². The molecule has 0 unspecified atom stereocenters. The van der Waals surface area contributed by atoms with Gasteiger partial charge in [-0.1, -0.05) is 12.8 Å². The van der Waals surface area contributed by atoms with E-state index in [1.807, 2.05) is 0 Å². The molecule has 0 spiro atoms. The molecule has 0 aliphatic heterocycles. The lowest BCUT2D eigenvalue weighted by atomic mass is 10.2. The maximum Gasteiger partial charge on any atom is 0.119 e. The zero-order valence-corrected chi connectivity index (χ0v) is 12.7. The van der Waals surface area contributed by atoms with Gasteiger partial charge in [-0.3, -0.25) is 0 Å². The summed E-state index contributed by atoms with van der Waals surface area (Å²) in [5.41, 5.74) is 0. The summed E-state index contributed by atoms with van der Waals surface area (Å²) in [7, 11) is 0. The highest BCUT2D eigenvalue weighted by molar-refractivity contribution is 7.98. The van der Waals surface area contributed by atoms with Gasteiger partial charge in [0.15, 0.2) is 0 Å². The van der Waals surface area contributed by atoms with Gasteiger partial charge in [-0.2, -0.15) is 0 Å². The highest BCUT2D eigenvalue weighted by atomic mass is 32.2. The Hall–Kier alpha value is -0.670. The molecule has 0 atom stereocenters. The molecule has 0 saturated heterocycles. The predicted octanol–water partition coefficient (Wildman–Crippen LogP) is 4.10. The minimum atomic E-state index is 0.842. The van der Waals surface area contributed by atoms with Crippen molar-refractivity contribution in [3.63, 3.8) is 0 Å². The molecule has 0 amide bonds. The molecule has 1 aliphatic carbocycles. The third-order valence-corrected chi connectivity index (χ3v) is 4.15. The molecule has 0 heterocycles. The summed E-state index contributed by atoms with van der Waals surface area (Å²) in [4.78, 5) is 1.29. The van der Waals surface area contributed by atoms with Crippen LogP contribution < -0.4 is 10.1 Å². The molecule has 106 valence electrons. The summed E-state index contributed by atoms with van der Waals surface area (Å²) >= 11 is 1.76. The van der Waals surface area contributed by atoms with Gasteiger partial charge in [0.25, 0.3) is 0 Å². The molecule has 1 saturated carbocycles. The first-order valence-electron chi connectivity index (χ1n) is 7.39. The fraction of sp³-hybridized carbons (Fsp3) is 0.625. The van der Waals surface area contributed by atoms with Crippen LogP contribution in [0.25, 0.3) is 0 Å². The summed E-state index contributed by atoms with van der Waals surface area (Å²) in [6, 6.07) is 9.21. The molecule has 2 nitrogen and oxygen atoms in total. The number of ether oxygens (including phenoxy) is 1. The van der Waals surface area contributed by atoms with Crippen molar-refractivity contribution in [2.75, 3.05) is 19.4 Å². The number of rotatable bonds is 10. The van der Waals surface area contributed by atoms with Crippen molar-refractivity contribution >= 4 is 11.8 Å². The lowest BCUT2D eigenvalue weighted by Crippen LogP contribution is -2.17. The normalized spacial score (nSPS) is 14.6. The average Bonchev–Trinajstić information content (AvgIpc) is 3.26. The lowest BCUT2D eigenvalue weighted by molar-refractivity contribution is 0.304. The summed E-state index contributed by atoms with van der Waals surface area (Å²) in [6.45, 7) is 2.04. The van der Waals surface area contributed by atoms with Gasteiger partial charge in [-0.15, -0.1) is 11.8 Å². The van der Waals surface area contributed by atoms with Gasteiger partial charge in [0, 0.05) is 10.9 Å². The first-order chi connectivity index (χ1) is 9.38. The van der Waals surface area contributed by atoms with Crippen molar-refractivity contribution < 1.29 is 4.74 Å². The molecule has 1 aromatic carbocycles. The van der Waals surface area contributed by atoms with Gasteiger partial charge < -0.3 is 10.1 Å². The highest BCUT2D eigenvalue weighted by Gasteiger charge is 2.19. The maximum absolute atomic E-state index is 5.74. The Morgan fingerprint density at radius 3 is 2.53 bits per heavy atom. The molecule has 1 aromatic rings. The number of unbranched alkanes of at least 4 members (excludes halogenated alkanes) is 3. The standard InChI is InChI=1S/C16H25NOS/c1-19-16-10-8-15(9-11-16)18-13-5-3-2-4-12-17-14-6-7-14/h8-11,14,17H,2-7,12-13H2,1H3. The first kappa shape index (κ1) is 14.7. The van der Waals surface area contributed by atoms with E-state index in [1.165, 1.54) is 43.5 Å². The van der Waals surface area contributed by atoms with Crippen LogP contribution in [0.3, 0.4) is 0 Å². The molecule has 0 aromatic heterocycles. The van der Waals surface area contributed by atoms with E-state index in [0.717, 1.165) is 24.8 Å². The molecule has 0 radical (unpaired) electrons. The Labute approximate surface area is 121 Å². The molecular formula is C16H25NOS. The van der Waals surface area contributed by atoms with Crippen molar-refractivity contribution in [1.82, 2.24) is 5.32 Å². The monoisotopic (exact) mass is 279 g/mol. The molecule has 1 fully saturated rings. The Balaban J connectivity index is 1.44. The molecule has 1 aliphatic rings. The van der Waals surface area contributed by atoms with E-state index in [1.54, 1.807) is 11.8 Å². The van der Waals surface area contributed by atoms with Crippen LogP contribution in [0, 0.1) is 0 Å². The van der Waals surface area contributed by atoms with Crippen LogP contribution in [0.5, 0.6) is 5.75 Å². The van der Waals surface area contributed by atoms with Crippen molar-refractivity contribution in [2.24, 2.45) is 0 Å². The number of benzene rings is 1. The van der Waals surface area contributed by atoms with Crippen molar-refractivity contribution in [3.05, 3.63) is 24.3 Å². The summed E-state index contributed by atoms with van der Waals surface area (Å²) in [5.74, 6) is 0.994. The number of hydrogen-bond acceptors (Lipinski definition) is 3. The van der Waals surface area contributed by atoms with E-state index in [4.69, 9.17) is 4.74 Å². The van der Waals surface area contributed by atoms with Gasteiger partial charge in [-0.25, -0.2) is 0 Å². The van der Waals surface area contributed by atoms with Crippen molar-refractivity contribution in [2.45, 2.75) is 49.5 Å². The lowest BCUT2D eigenvalue weighted by Gasteiger charge is -2.07. The minimum Gasteiger partial charge on any atom is -0.494 e. The van der Waals surface area contributed by atoms with E-state index in [2.05, 4.69) is 35.8 Å². The third-order valence-electron chi connectivity index (χ3n) is 3.41. The van der Waals surface area contributed by atoms with Gasteiger partial charge in [0.2, 0.25) is 0 Å². The largest absolute Gasteiger partial charge is 0.494 e. The van der Waals surface area contributed by atoms with Crippen LogP contribution in [0.1, 0.15) is 38.5 Å². The number of thioether (sulfide) groups is 1. The predicted molar refractivity (Wildman–Crippen MR) is 83.2 cm³/mol. The fourth-order valence-corrected chi connectivity index (χ4v) is 2.44. The van der Waals surface area contributed by atoms with E-state index < -0.39 is 0 Å². The second-order valence-corrected chi connectivity index (χ2v) is 6.05. The summed E-state index contributed by atoms with van der Waals surface area (Å²) in [5, 5.41) is 3.55. The molecule has 0 bridgehead atoms. The van der Waals surface area contributed by atoms with Crippen LogP contribution in [0.2, 0.25) is 0 Å². The van der Waals surface area contributed by atoms with Gasteiger partial charge in [0.1, 0.15) is 5.75 Å². The second kappa shape index (κ2) is 8.49. The molecule has 2 rings (SSSR count). The van der Waals surface area contributed by atoms with Crippen LogP contribution >= 0.6 is 11.8 Å². The average molecular weight is 279 g/mol. The molecule has 1 N–H and O–H groups in total. The van der Waals surface area contributed by atoms with E-state index in [-0.39, 0.29) is 0 Å². The first-order valence-corrected chi connectivity index (χ1v) is 8.61. The highest BCUT2D eigenvalue weighted by Crippen LogP contribution is 2.19. The topological polar surface area (TPSA) is 21.3 Å². The number of hydrogen-bond donors (Lipinski definition) is 1. The van der Waals surface area contributed by atoms with Crippen LogP contribution in [-0.4, -0.2) is 25.4 Å². The third kappa shape index (κ3) is 6.35. The quantitative estimate of drug-likeness (QED) is 0.514. The smallest absolute Gasteiger partial charge is 0.119 e. The summed E-state index contributed by atoms with van der Waals surface area (Å²) in [6.07, 6.45) is 9.93. The zero-order chi connectivity index (χ0) is 13.3. The Bertz CT molecular complexity index is 348. The van der Waals surface area contributed by atoms with Gasteiger partial charge in [0.05, 0.1) is 6.61 Å². The maximum atomic E-state index is 5.74. The Morgan fingerprint density at radius 2 is 1.84 bits per heavy atom. The molecule has 19 heavy (non-hydrogen) atoms. The minimum absolute atomic E-state index is 0.842. The number of nitrogens with one attached hydrogen (secondary N) is 1. The Kier molecular flexibility index (Phi) is 6.58. The van der Waals surface area contributed by atoms with Crippen molar-refractivity contribution in [3.8, 4) is 5.75 Å². The second-order valence-electron chi connectivity index (χ2n) is 5.17. The Morgan fingerprint density at radius 1 is 1.11 bits per heavy atom. The van der Waals surface area contributed by atoms with E-state index >= 15 is 0 Å². The van der Waals surface area contributed by atoms with Crippen LogP contribution in [-0.2, 0) is 0 Å². The van der Waals surface area contributed by atoms with Crippen LogP contribution in [0.4, 0.5) is 0 Å². The van der Waals surface area contributed by atoms with Gasteiger partial charge in [-0.05, 0) is 62.7 Å². The molecular weight excluding hydrogens is 254 g/mol. The van der Waals surface area contributed by atoms with E-state index in [9.17, 15) is 0 Å². The van der Waals surface area contributed by atoms with Crippen LogP contribution in [0.15, 0.2) is 29.2 Å². The molecule has 3 heteroatoms. The fourth-order valence-electron chi connectivity index (χ4n) is 2.04. The summed E-state index contributed by atoms with van der Waals surface area (Å²) < 4.78 is 5.74. The van der Waals surface area contributed by atoms with Crippen molar-refractivity contribution in [1.29, 1.82) is 0 Å². The zero-order valence-electron chi connectivity index (χ0n) is 11.9. The SMILES string of the molecule is CSc1ccc(OCCCCCCNC2CC2)cc1. The van der Waals surface area contributed by atoms with E-state index in [0.29, 0.717) is 0 Å².